The summed E-state index contributed by atoms with van der Waals surface area (Å²) in [4.78, 5) is 4.18. The Hall–Kier alpha value is -2.63. The highest BCUT2D eigenvalue weighted by atomic mass is 16.5. The fraction of sp³-hybridized carbons (Fsp3) is 0.214. The number of rotatable bonds is 5. The third kappa shape index (κ3) is 3.44. The molecule has 1 aromatic heterocycles. The summed E-state index contributed by atoms with van der Waals surface area (Å²) in [5, 5.41) is 2.98. The van der Waals surface area contributed by atoms with Crippen LogP contribution in [0.25, 0.3) is 0 Å². The summed E-state index contributed by atoms with van der Waals surface area (Å²) in [7, 11) is 3.17. The second-order valence-corrected chi connectivity index (χ2v) is 3.98. The monoisotopic (exact) mass is 275 g/mol. The Labute approximate surface area is 117 Å². The van der Waals surface area contributed by atoms with Crippen molar-refractivity contribution in [3.05, 3.63) is 42.4 Å². The van der Waals surface area contributed by atoms with E-state index in [-0.39, 0.29) is 0 Å². The first-order chi connectivity index (χ1) is 9.72. The molecule has 0 fully saturated rings. The molecule has 0 saturated heterocycles. The number of guanidine groups is 1. The Kier molecular flexibility index (Phi) is 4.49. The van der Waals surface area contributed by atoms with Gasteiger partial charge in [-0.25, -0.2) is 4.99 Å². The predicted molar refractivity (Wildman–Crippen MR) is 77.2 cm³/mol. The van der Waals surface area contributed by atoms with Crippen LogP contribution in [-0.2, 0) is 6.54 Å². The molecule has 0 bridgehead atoms. The molecule has 2 rings (SSSR count). The van der Waals surface area contributed by atoms with Crippen LogP contribution < -0.4 is 20.5 Å². The molecule has 0 radical (unpaired) electrons. The zero-order valence-electron chi connectivity index (χ0n) is 11.4. The zero-order valence-corrected chi connectivity index (χ0v) is 11.4. The van der Waals surface area contributed by atoms with Crippen molar-refractivity contribution in [3.8, 4) is 11.5 Å². The number of furan rings is 1. The summed E-state index contributed by atoms with van der Waals surface area (Å²) in [5.41, 5.74) is 6.58. The van der Waals surface area contributed by atoms with E-state index in [0.717, 1.165) is 11.4 Å². The molecule has 0 atom stereocenters. The molecule has 106 valence electrons. The zero-order chi connectivity index (χ0) is 14.4. The first-order valence-corrected chi connectivity index (χ1v) is 6.04. The minimum Gasteiger partial charge on any atom is -0.493 e. The van der Waals surface area contributed by atoms with Gasteiger partial charge in [0.1, 0.15) is 12.3 Å². The average molecular weight is 275 g/mol. The lowest BCUT2D eigenvalue weighted by molar-refractivity contribution is 0.355. The predicted octanol–water partition coefficient (Wildman–Crippen LogP) is 2.22. The van der Waals surface area contributed by atoms with Gasteiger partial charge in [0.15, 0.2) is 17.5 Å². The number of hydrogen-bond acceptors (Lipinski definition) is 4. The maximum Gasteiger partial charge on any atom is 0.193 e. The minimum absolute atomic E-state index is 0.300. The molecule has 6 heteroatoms. The SMILES string of the molecule is COc1ccc(NC(N)=NCc2ccco2)cc1OC. The highest BCUT2D eigenvalue weighted by molar-refractivity contribution is 5.92. The lowest BCUT2D eigenvalue weighted by Gasteiger charge is -2.10. The summed E-state index contributed by atoms with van der Waals surface area (Å²) < 4.78 is 15.6. The number of hydrogen-bond donors (Lipinski definition) is 2. The van der Waals surface area contributed by atoms with Crippen LogP contribution in [0, 0.1) is 0 Å². The molecule has 1 heterocycles. The topological polar surface area (TPSA) is 82.0 Å². The van der Waals surface area contributed by atoms with Gasteiger partial charge in [0.25, 0.3) is 0 Å². The quantitative estimate of drug-likeness (QED) is 0.646. The Bertz CT molecular complexity index is 579. The van der Waals surface area contributed by atoms with E-state index in [0.29, 0.717) is 24.0 Å². The number of nitrogens with zero attached hydrogens (tertiary/aromatic N) is 1. The lowest BCUT2D eigenvalue weighted by atomic mass is 10.3. The largest absolute Gasteiger partial charge is 0.493 e. The fourth-order valence-corrected chi connectivity index (χ4v) is 1.67. The van der Waals surface area contributed by atoms with Crippen LogP contribution in [0.4, 0.5) is 5.69 Å². The van der Waals surface area contributed by atoms with Gasteiger partial charge >= 0.3 is 0 Å². The number of benzene rings is 1. The Balaban J connectivity index is 2.03. The second kappa shape index (κ2) is 6.51. The van der Waals surface area contributed by atoms with Crippen LogP contribution in [0.15, 0.2) is 46.0 Å². The van der Waals surface area contributed by atoms with Crippen LogP contribution in [-0.4, -0.2) is 20.2 Å². The highest BCUT2D eigenvalue weighted by Gasteiger charge is 2.05. The van der Waals surface area contributed by atoms with E-state index in [1.165, 1.54) is 0 Å². The van der Waals surface area contributed by atoms with Crippen molar-refractivity contribution >= 4 is 11.6 Å². The van der Waals surface area contributed by atoms with Crippen molar-refractivity contribution in [1.29, 1.82) is 0 Å². The van der Waals surface area contributed by atoms with Crippen molar-refractivity contribution in [1.82, 2.24) is 0 Å². The van der Waals surface area contributed by atoms with E-state index in [1.807, 2.05) is 18.2 Å². The normalized spacial score (nSPS) is 11.2. The fourth-order valence-electron chi connectivity index (χ4n) is 1.67. The molecule has 0 amide bonds. The Morgan fingerprint density at radius 1 is 1.25 bits per heavy atom. The highest BCUT2D eigenvalue weighted by Crippen LogP contribution is 2.29. The molecule has 0 unspecified atom stereocenters. The first-order valence-electron chi connectivity index (χ1n) is 6.04. The van der Waals surface area contributed by atoms with Crippen LogP contribution in [0.3, 0.4) is 0 Å². The van der Waals surface area contributed by atoms with E-state index >= 15 is 0 Å². The van der Waals surface area contributed by atoms with Gasteiger partial charge in [-0.2, -0.15) is 0 Å². The Morgan fingerprint density at radius 3 is 2.70 bits per heavy atom. The van der Waals surface area contributed by atoms with Crippen LogP contribution >= 0.6 is 0 Å². The number of nitrogens with one attached hydrogen (secondary N) is 1. The van der Waals surface area contributed by atoms with Crippen LogP contribution in [0.1, 0.15) is 5.76 Å². The van der Waals surface area contributed by atoms with Crippen LogP contribution in [0.5, 0.6) is 11.5 Å². The van der Waals surface area contributed by atoms with Gasteiger partial charge in [0.05, 0.1) is 20.5 Å². The molecule has 0 aliphatic heterocycles. The molecule has 20 heavy (non-hydrogen) atoms. The molecule has 6 nitrogen and oxygen atoms in total. The van der Waals surface area contributed by atoms with Crippen molar-refractivity contribution in [2.75, 3.05) is 19.5 Å². The van der Waals surface area contributed by atoms with E-state index in [1.54, 1.807) is 32.6 Å². The van der Waals surface area contributed by atoms with E-state index in [9.17, 15) is 0 Å². The molecule has 3 N–H and O–H groups in total. The minimum atomic E-state index is 0.300. The summed E-state index contributed by atoms with van der Waals surface area (Å²) in [6, 6.07) is 9.06. The number of methoxy groups -OCH3 is 2. The number of nitrogens with two attached hydrogens (primary N) is 1. The summed E-state index contributed by atoms with van der Waals surface area (Å²) in [6.07, 6.45) is 1.60. The van der Waals surface area contributed by atoms with Crippen molar-refractivity contribution in [2.45, 2.75) is 6.54 Å². The van der Waals surface area contributed by atoms with Crippen molar-refractivity contribution in [2.24, 2.45) is 10.7 Å². The molecule has 0 saturated carbocycles. The summed E-state index contributed by atoms with van der Waals surface area (Å²) in [5.74, 6) is 2.33. The molecule has 0 spiro atoms. The van der Waals surface area contributed by atoms with Crippen molar-refractivity contribution in [3.63, 3.8) is 0 Å². The first kappa shape index (κ1) is 13.8. The smallest absolute Gasteiger partial charge is 0.193 e. The van der Waals surface area contributed by atoms with Gasteiger partial charge in [-0.3, -0.25) is 0 Å². The van der Waals surface area contributed by atoms with E-state index < -0.39 is 0 Å². The molecule has 0 aliphatic carbocycles. The average Bonchev–Trinajstić information content (AvgIpc) is 2.98. The van der Waals surface area contributed by atoms with Gasteiger partial charge in [0.2, 0.25) is 0 Å². The van der Waals surface area contributed by atoms with Gasteiger partial charge < -0.3 is 24.9 Å². The lowest BCUT2D eigenvalue weighted by Crippen LogP contribution is -2.22. The van der Waals surface area contributed by atoms with Gasteiger partial charge in [-0.05, 0) is 24.3 Å². The van der Waals surface area contributed by atoms with E-state index in [2.05, 4.69) is 10.3 Å². The van der Waals surface area contributed by atoms with E-state index in [4.69, 9.17) is 19.6 Å². The number of anilines is 1. The Morgan fingerprint density at radius 2 is 2.05 bits per heavy atom. The van der Waals surface area contributed by atoms with Gasteiger partial charge in [0, 0.05) is 11.8 Å². The van der Waals surface area contributed by atoms with Gasteiger partial charge in [-0.1, -0.05) is 0 Å². The van der Waals surface area contributed by atoms with Crippen LogP contribution in [0.2, 0.25) is 0 Å². The third-order valence-corrected chi connectivity index (χ3v) is 2.64. The number of aliphatic imine (C=N–C) groups is 1. The standard InChI is InChI=1S/C14H17N3O3/c1-18-12-6-5-10(8-13(12)19-2)17-14(15)16-9-11-4-3-7-20-11/h3-8H,9H2,1-2H3,(H3,15,16,17). The molecule has 2 aromatic rings. The summed E-state index contributed by atoms with van der Waals surface area (Å²) in [6.45, 7) is 0.388. The third-order valence-electron chi connectivity index (χ3n) is 2.64. The molecule has 1 aromatic carbocycles. The molecule has 0 aliphatic rings. The number of ether oxygens (including phenoxy) is 2. The summed E-state index contributed by atoms with van der Waals surface area (Å²) >= 11 is 0. The molecular formula is C14H17N3O3. The van der Waals surface area contributed by atoms with Gasteiger partial charge in [-0.15, -0.1) is 0 Å². The maximum absolute atomic E-state index is 5.81. The van der Waals surface area contributed by atoms with Crippen molar-refractivity contribution < 1.29 is 13.9 Å². The molecular weight excluding hydrogens is 258 g/mol. The maximum atomic E-state index is 5.81. The second-order valence-electron chi connectivity index (χ2n) is 3.98.